The fourth-order valence-corrected chi connectivity index (χ4v) is 7.36. The first-order chi connectivity index (χ1) is 24.5. The predicted octanol–water partition coefficient (Wildman–Crippen LogP) is 12.2. The Kier molecular flexibility index (Phi) is 20.7. The standard InChI is InChI=1S/C44H68N2O4/c1-3-5-7-9-11-13-15-17-19-21-23-25-27-31-37-35-41(47)45(43(37)49)39-33-29-30-34-40(39)46-42(48)36-38(44(46)50)32-28-26-24-22-20-18-16-14-12-10-8-6-4-2/h29-30,33-36H,3-28,31-32H2,1-2H3. The van der Waals surface area contributed by atoms with Gasteiger partial charge in [0.25, 0.3) is 23.6 Å². The van der Waals surface area contributed by atoms with Gasteiger partial charge in [0.1, 0.15) is 0 Å². The van der Waals surface area contributed by atoms with Gasteiger partial charge in [0.05, 0.1) is 11.4 Å². The van der Waals surface area contributed by atoms with Gasteiger partial charge in [0, 0.05) is 23.3 Å². The first-order valence-electron chi connectivity index (χ1n) is 20.8. The van der Waals surface area contributed by atoms with Crippen LogP contribution in [0.15, 0.2) is 47.6 Å². The summed E-state index contributed by atoms with van der Waals surface area (Å²) in [5.41, 5.74) is 1.59. The minimum Gasteiger partial charge on any atom is -0.269 e. The molecule has 0 radical (unpaired) electrons. The maximum atomic E-state index is 13.4. The molecule has 2 aliphatic rings. The summed E-state index contributed by atoms with van der Waals surface area (Å²) in [5, 5.41) is 0. The second kappa shape index (κ2) is 25.0. The number of nitrogens with zero attached hydrogens (tertiary/aromatic N) is 2. The van der Waals surface area contributed by atoms with Crippen molar-refractivity contribution < 1.29 is 19.2 Å². The van der Waals surface area contributed by atoms with E-state index in [-0.39, 0.29) is 23.2 Å². The second-order valence-corrected chi connectivity index (χ2v) is 14.8. The number of para-hydroxylation sites is 2. The third-order valence-corrected chi connectivity index (χ3v) is 10.5. The SMILES string of the molecule is CCCCCCCCCCCCCCCC1=CC(=O)N(c2ccccc2N2C(=O)C=C(CCCCCCCCCCCCCCC)C2=O)C1=O. The van der Waals surface area contributed by atoms with Crippen LogP contribution in [0.4, 0.5) is 11.4 Å². The largest absolute Gasteiger partial charge is 0.269 e. The minimum absolute atomic E-state index is 0.288. The molecule has 0 saturated heterocycles. The number of hydrogen-bond acceptors (Lipinski definition) is 4. The van der Waals surface area contributed by atoms with Crippen molar-refractivity contribution in [1.29, 1.82) is 0 Å². The molecule has 0 aromatic heterocycles. The van der Waals surface area contributed by atoms with Crippen molar-refractivity contribution in [3.8, 4) is 0 Å². The Morgan fingerprint density at radius 2 is 0.640 bits per heavy atom. The highest BCUT2D eigenvalue weighted by atomic mass is 16.2. The van der Waals surface area contributed by atoms with Crippen molar-refractivity contribution in [3.05, 3.63) is 47.6 Å². The predicted molar refractivity (Wildman–Crippen MR) is 208 cm³/mol. The molecule has 0 aliphatic carbocycles. The molecular formula is C44H68N2O4. The molecule has 278 valence electrons. The lowest BCUT2D eigenvalue weighted by molar-refractivity contribution is -0.122. The molecule has 0 saturated carbocycles. The summed E-state index contributed by atoms with van der Waals surface area (Å²) >= 11 is 0. The summed E-state index contributed by atoms with van der Waals surface area (Å²) in [6, 6.07) is 6.77. The van der Waals surface area contributed by atoms with Gasteiger partial charge >= 0.3 is 0 Å². The normalized spacial score (nSPS) is 14.8. The van der Waals surface area contributed by atoms with E-state index in [0.717, 1.165) is 48.3 Å². The van der Waals surface area contributed by atoms with E-state index < -0.39 is 11.8 Å². The van der Waals surface area contributed by atoms with E-state index in [2.05, 4.69) is 13.8 Å². The number of unbranched alkanes of at least 4 members (excludes halogenated alkanes) is 24. The van der Waals surface area contributed by atoms with E-state index in [9.17, 15) is 19.2 Å². The molecule has 50 heavy (non-hydrogen) atoms. The molecule has 6 nitrogen and oxygen atoms in total. The van der Waals surface area contributed by atoms with Crippen molar-refractivity contribution in [3.63, 3.8) is 0 Å². The number of benzene rings is 1. The Morgan fingerprint density at radius 1 is 0.380 bits per heavy atom. The number of rotatable bonds is 30. The van der Waals surface area contributed by atoms with Crippen molar-refractivity contribution in [2.45, 2.75) is 194 Å². The molecule has 1 aromatic rings. The number of amides is 4. The second-order valence-electron chi connectivity index (χ2n) is 14.8. The smallest absolute Gasteiger partial charge is 0.261 e. The fourth-order valence-electron chi connectivity index (χ4n) is 7.36. The van der Waals surface area contributed by atoms with Crippen molar-refractivity contribution >= 4 is 35.0 Å². The highest BCUT2D eigenvalue weighted by Crippen LogP contribution is 2.36. The van der Waals surface area contributed by atoms with Gasteiger partial charge in [-0.15, -0.1) is 0 Å². The molecule has 1 aromatic carbocycles. The summed E-state index contributed by atoms with van der Waals surface area (Å²) in [6.45, 7) is 4.51. The quantitative estimate of drug-likeness (QED) is 0.0595. The monoisotopic (exact) mass is 689 g/mol. The van der Waals surface area contributed by atoms with Crippen LogP contribution in [0.2, 0.25) is 0 Å². The van der Waals surface area contributed by atoms with E-state index >= 15 is 0 Å². The Morgan fingerprint density at radius 3 is 0.920 bits per heavy atom. The Labute approximate surface area is 304 Å². The van der Waals surface area contributed by atoms with Crippen LogP contribution in [0.5, 0.6) is 0 Å². The molecule has 2 aliphatic heterocycles. The van der Waals surface area contributed by atoms with Crippen LogP contribution < -0.4 is 9.80 Å². The molecular weight excluding hydrogens is 620 g/mol. The van der Waals surface area contributed by atoms with Gasteiger partial charge < -0.3 is 0 Å². The summed E-state index contributed by atoms with van der Waals surface area (Å²) in [6.07, 6.45) is 36.6. The maximum absolute atomic E-state index is 13.4. The van der Waals surface area contributed by atoms with Crippen molar-refractivity contribution in [2.24, 2.45) is 0 Å². The average molecular weight is 689 g/mol. The van der Waals surface area contributed by atoms with Gasteiger partial charge in [0.15, 0.2) is 0 Å². The van der Waals surface area contributed by atoms with Crippen LogP contribution >= 0.6 is 0 Å². The molecule has 6 heteroatoms. The summed E-state index contributed by atoms with van der Waals surface area (Å²) in [5.74, 6) is -1.51. The fraction of sp³-hybridized carbons (Fsp3) is 0.682. The van der Waals surface area contributed by atoms with Crippen molar-refractivity contribution in [1.82, 2.24) is 0 Å². The van der Waals surface area contributed by atoms with E-state index in [1.54, 1.807) is 24.3 Å². The molecule has 0 fully saturated rings. The van der Waals surface area contributed by atoms with Crippen LogP contribution in [-0.2, 0) is 19.2 Å². The van der Waals surface area contributed by atoms with Crippen LogP contribution in [-0.4, -0.2) is 23.6 Å². The third-order valence-electron chi connectivity index (χ3n) is 10.5. The van der Waals surface area contributed by atoms with Crippen LogP contribution in [0.3, 0.4) is 0 Å². The van der Waals surface area contributed by atoms with E-state index in [4.69, 9.17) is 0 Å². The number of imide groups is 2. The summed E-state index contributed by atoms with van der Waals surface area (Å²) in [7, 11) is 0. The topological polar surface area (TPSA) is 74.8 Å². The Bertz CT molecular complexity index is 1150. The van der Waals surface area contributed by atoms with E-state index in [1.165, 1.54) is 141 Å². The van der Waals surface area contributed by atoms with E-state index in [0.29, 0.717) is 24.0 Å². The summed E-state index contributed by atoms with van der Waals surface area (Å²) < 4.78 is 0. The maximum Gasteiger partial charge on any atom is 0.261 e. The first kappa shape index (κ1) is 41.4. The van der Waals surface area contributed by atoms with Gasteiger partial charge in [-0.25, -0.2) is 9.80 Å². The molecule has 0 unspecified atom stereocenters. The van der Waals surface area contributed by atoms with Gasteiger partial charge in [-0.3, -0.25) is 19.2 Å². The number of hydrogen-bond donors (Lipinski definition) is 0. The van der Waals surface area contributed by atoms with Gasteiger partial charge in [0.2, 0.25) is 0 Å². The van der Waals surface area contributed by atoms with E-state index in [1.807, 2.05) is 0 Å². The molecule has 0 bridgehead atoms. The molecule has 0 atom stereocenters. The van der Waals surface area contributed by atoms with Crippen LogP contribution in [0, 0.1) is 0 Å². The Hall–Kier alpha value is -3.02. The number of anilines is 2. The first-order valence-corrected chi connectivity index (χ1v) is 20.8. The number of carbonyl (C=O) groups excluding carboxylic acids is 4. The average Bonchev–Trinajstić information content (AvgIpc) is 3.56. The molecule has 0 N–H and O–H groups in total. The lowest BCUT2D eigenvalue weighted by atomic mass is 10.0. The van der Waals surface area contributed by atoms with Gasteiger partial charge in [-0.1, -0.05) is 180 Å². The highest BCUT2D eigenvalue weighted by molar-refractivity contribution is 6.35. The van der Waals surface area contributed by atoms with Gasteiger partial charge in [-0.05, 0) is 37.8 Å². The lowest BCUT2D eigenvalue weighted by Crippen LogP contribution is -2.36. The minimum atomic E-state index is -0.411. The van der Waals surface area contributed by atoms with Gasteiger partial charge in [-0.2, -0.15) is 0 Å². The lowest BCUT2D eigenvalue weighted by Gasteiger charge is -2.23. The third kappa shape index (κ3) is 14.3. The number of carbonyl (C=O) groups is 4. The van der Waals surface area contributed by atoms with Crippen LogP contribution in [0.1, 0.15) is 194 Å². The zero-order valence-electron chi connectivity index (χ0n) is 31.8. The Balaban J connectivity index is 1.35. The summed E-state index contributed by atoms with van der Waals surface area (Å²) in [4.78, 5) is 55.4. The highest BCUT2D eigenvalue weighted by Gasteiger charge is 2.38. The van der Waals surface area contributed by atoms with Crippen LogP contribution in [0.25, 0.3) is 0 Å². The molecule has 2 heterocycles. The zero-order valence-corrected chi connectivity index (χ0v) is 31.8. The molecule has 3 rings (SSSR count). The zero-order chi connectivity index (χ0) is 35.8. The molecule has 4 amide bonds. The van der Waals surface area contributed by atoms with Crippen molar-refractivity contribution in [2.75, 3.05) is 9.80 Å². The molecule has 0 spiro atoms.